The van der Waals surface area contributed by atoms with E-state index in [1.807, 2.05) is 0 Å². The molecule has 0 atom stereocenters. The van der Waals surface area contributed by atoms with Gasteiger partial charge in [0.1, 0.15) is 12.0 Å². The Labute approximate surface area is 118 Å². The molecular weight excluding hydrogens is 310 g/mol. The highest BCUT2D eigenvalue weighted by Gasteiger charge is 2.07. The average Bonchev–Trinajstić information content (AvgIpc) is 2.43. The van der Waals surface area contributed by atoms with Crippen LogP contribution in [-0.2, 0) is 6.54 Å². The molecule has 0 fully saturated rings. The molecule has 0 saturated carbocycles. The van der Waals surface area contributed by atoms with Gasteiger partial charge in [0, 0.05) is 17.3 Å². The van der Waals surface area contributed by atoms with Crippen molar-refractivity contribution in [2.45, 2.75) is 6.54 Å². The predicted molar refractivity (Wildman–Crippen MR) is 75.9 cm³/mol. The summed E-state index contributed by atoms with van der Waals surface area (Å²) in [5, 5.41) is 0. The minimum Gasteiger partial charge on any atom is -0.496 e. The molecule has 2 rings (SSSR count). The summed E-state index contributed by atoms with van der Waals surface area (Å²) in [6, 6.07) is 8.60. The molecule has 4 nitrogen and oxygen atoms in total. The third-order valence-electron chi connectivity index (χ3n) is 2.75. The molecule has 2 aromatic rings. The number of aromatic nitrogens is 1. The number of nitrogens with zero attached hydrogens (tertiary/aromatic N) is 1. The lowest BCUT2D eigenvalue weighted by Gasteiger charge is -2.11. The zero-order chi connectivity index (χ0) is 13.8. The molecule has 1 aromatic heterocycles. The van der Waals surface area contributed by atoms with Crippen molar-refractivity contribution < 1.29 is 9.53 Å². The summed E-state index contributed by atoms with van der Waals surface area (Å²) in [6.07, 6.45) is 2.47. The van der Waals surface area contributed by atoms with Crippen molar-refractivity contribution in [1.29, 1.82) is 0 Å². The van der Waals surface area contributed by atoms with E-state index in [1.54, 1.807) is 48.2 Å². The van der Waals surface area contributed by atoms with Crippen molar-refractivity contribution in [3.8, 4) is 5.75 Å². The fourth-order valence-electron chi connectivity index (χ4n) is 1.81. The number of carbonyl (C=O) groups is 1. The average molecular weight is 322 g/mol. The number of methoxy groups -OCH3 is 1. The van der Waals surface area contributed by atoms with Gasteiger partial charge in [0.25, 0.3) is 5.56 Å². The van der Waals surface area contributed by atoms with Gasteiger partial charge >= 0.3 is 0 Å². The second-order valence-electron chi connectivity index (χ2n) is 3.98. The first-order valence-corrected chi connectivity index (χ1v) is 6.42. The van der Waals surface area contributed by atoms with E-state index in [2.05, 4.69) is 15.9 Å². The van der Waals surface area contributed by atoms with Crippen molar-refractivity contribution in [1.82, 2.24) is 4.57 Å². The fourth-order valence-corrected chi connectivity index (χ4v) is 2.19. The maximum atomic E-state index is 11.9. The number of hydrogen-bond acceptors (Lipinski definition) is 3. The summed E-state index contributed by atoms with van der Waals surface area (Å²) in [4.78, 5) is 22.7. The second-order valence-corrected chi connectivity index (χ2v) is 4.83. The van der Waals surface area contributed by atoms with Crippen molar-refractivity contribution in [3.05, 3.63) is 62.5 Å². The monoisotopic (exact) mass is 321 g/mol. The Morgan fingerprint density at radius 3 is 2.84 bits per heavy atom. The van der Waals surface area contributed by atoms with E-state index in [0.29, 0.717) is 22.3 Å². The molecule has 0 unspecified atom stereocenters. The zero-order valence-corrected chi connectivity index (χ0v) is 11.9. The van der Waals surface area contributed by atoms with Crippen LogP contribution in [0.25, 0.3) is 0 Å². The van der Waals surface area contributed by atoms with Gasteiger partial charge in [0.05, 0.1) is 18.1 Å². The number of ether oxygens (including phenoxy) is 1. The third-order valence-corrected chi connectivity index (χ3v) is 3.36. The molecule has 98 valence electrons. The molecule has 0 aliphatic rings. The minimum absolute atomic E-state index is 0.124. The Balaban J connectivity index is 2.44. The Kier molecular flexibility index (Phi) is 4.16. The van der Waals surface area contributed by atoms with Gasteiger partial charge in [-0.3, -0.25) is 9.59 Å². The number of hydrogen-bond donors (Lipinski definition) is 0. The highest BCUT2D eigenvalue weighted by Crippen LogP contribution is 2.20. The van der Waals surface area contributed by atoms with Crippen molar-refractivity contribution >= 4 is 22.2 Å². The molecule has 0 amide bonds. The molecule has 0 spiro atoms. The Morgan fingerprint density at radius 1 is 1.37 bits per heavy atom. The molecule has 5 heteroatoms. The van der Waals surface area contributed by atoms with Crippen LogP contribution < -0.4 is 10.3 Å². The van der Waals surface area contributed by atoms with Crippen LogP contribution in [0.4, 0.5) is 0 Å². The van der Waals surface area contributed by atoms with Crippen LogP contribution in [-0.4, -0.2) is 18.0 Å². The van der Waals surface area contributed by atoms with Gasteiger partial charge in [-0.2, -0.15) is 0 Å². The molecule has 19 heavy (non-hydrogen) atoms. The normalized spacial score (nSPS) is 10.2. The summed E-state index contributed by atoms with van der Waals surface area (Å²) in [5.41, 5.74) is 1.22. The van der Waals surface area contributed by atoms with Crippen LogP contribution >= 0.6 is 15.9 Å². The van der Waals surface area contributed by atoms with E-state index < -0.39 is 0 Å². The topological polar surface area (TPSA) is 48.3 Å². The van der Waals surface area contributed by atoms with Crippen molar-refractivity contribution in [3.63, 3.8) is 0 Å². The highest BCUT2D eigenvalue weighted by molar-refractivity contribution is 9.10. The molecule has 0 aliphatic heterocycles. The van der Waals surface area contributed by atoms with Crippen molar-refractivity contribution in [2.24, 2.45) is 0 Å². The lowest BCUT2D eigenvalue weighted by molar-refractivity contribution is 0.112. The third kappa shape index (κ3) is 2.93. The van der Waals surface area contributed by atoms with E-state index in [4.69, 9.17) is 4.74 Å². The van der Waals surface area contributed by atoms with Gasteiger partial charge in [-0.05, 0) is 46.3 Å². The quantitative estimate of drug-likeness (QED) is 0.813. The molecule has 0 bridgehead atoms. The van der Waals surface area contributed by atoms with Crippen LogP contribution in [0.1, 0.15) is 15.9 Å². The molecule has 0 saturated heterocycles. The molecule has 1 heterocycles. The first-order valence-electron chi connectivity index (χ1n) is 5.62. The number of halogens is 1. The SMILES string of the molecule is COc1ccc(C=O)cc1Cn1cccc(Br)c1=O. The predicted octanol–water partition coefficient (Wildman–Crippen LogP) is 2.48. The van der Waals surface area contributed by atoms with E-state index in [-0.39, 0.29) is 5.56 Å². The van der Waals surface area contributed by atoms with Crippen LogP contribution in [0, 0.1) is 0 Å². The summed E-state index contributed by atoms with van der Waals surface area (Å²) >= 11 is 3.20. The first-order chi connectivity index (χ1) is 9.15. The van der Waals surface area contributed by atoms with Gasteiger partial charge in [-0.25, -0.2) is 0 Å². The van der Waals surface area contributed by atoms with Gasteiger partial charge in [0.15, 0.2) is 0 Å². The summed E-state index contributed by atoms with van der Waals surface area (Å²) in [7, 11) is 1.56. The standard InChI is InChI=1S/C14H12BrNO3/c1-19-13-5-4-10(9-17)7-11(13)8-16-6-2-3-12(15)14(16)18/h2-7,9H,8H2,1H3. The molecular formula is C14H12BrNO3. The molecule has 0 radical (unpaired) electrons. The van der Waals surface area contributed by atoms with Gasteiger partial charge in [-0.15, -0.1) is 0 Å². The first kappa shape index (κ1) is 13.5. The van der Waals surface area contributed by atoms with Crippen LogP contribution in [0.5, 0.6) is 5.75 Å². The number of carbonyl (C=O) groups excluding carboxylic acids is 1. The molecule has 1 aromatic carbocycles. The highest BCUT2D eigenvalue weighted by atomic mass is 79.9. The summed E-state index contributed by atoms with van der Waals surface area (Å²) < 4.78 is 7.30. The molecule has 0 N–H and O–H groups in total. The van der Waals surface area contributed by atoms with Crippen LogP contribution in [0.2, 0.25) is 0 Å². The Hall–Kier alpha value is -1.88. The minimum atomic E-state index is -0.124. The van der Waals surface area contributed by atoms with E-state index in [0.717, 1.165) is 11.8 Å². The van der Waals surface area contributed by atoms with E-state index in [9.17, 15) is 9.59 Å². The van der Waals surface area contributed by atoms with Crippen LogP contribution in [0.3, 0.4) is 0 Å². The summed E-state index contributed by atoms with van der Waals surface area (Å²) in [6.45, 7) is 0.350. The Bertz CT molecular complexity index is 664. The maximum Gasteiger partial charge on any atom is 0.265 e. The lowest BCUT2D eigenvalue weighted by Crippen LogP contribution is -2.20. The van der Waals surface area contributed by atoms with Gasteiger partial charge in [0.2, 0.25) is 0 Å². The maximum absolute atomic E-state index is 11.9. The molecule has 0 aliphatic carbocycles. The Morgan fingerprint density at radius 2 is 2.16 bits per heavy atom. The lowest BCUT2D eigenvalue weighted by atomic mass is 10.1. The number of aldehydes is 1. The summed E-state index contributed by atoms with van der Waals surface area (Å²) in [5.74, 6) is 0.650. The zero-order valence-electron chi connectivity index (χ0n) is 10.3. The van der Waals surface area contributed by atoms with Crippen LogP contribution in [0.15, 0.2) is 45.8 Å². The number of rotatable bonds is 4. The van der Waals surface area contributed by atoms with Crippen molar-refractivity contribution in [2.75, 3.05) is 7.11 Å². The number of pyridine rings is 1. The van der Waals surface area contributed by atoms with E-state index >= 15 is 0 Å². The largest absolute Gasteiger partial charge is 0.496 e. The number of benzene rings is 1. The smallest absolute Gasteiger partial charge is 0.265 e. The van der Waals surface area contributed by atoms with Gasteiger partial charge in [-0.1, -0.05) is 0 Å². The second kappa shape index (κ2) is 5.84. The van der Waals surface area contributed by atoms with E-state index in [1.165, 1.54) is 0 Å². The fraction of sp³-hybridized carbons (Fsp3) is 0.143. The van der Waals surface area contributed by atoms with Gasteiger partial charge < -0.3 is 9.30 Å².